The zero-order valence-electron chi connectivity index (χ0n) is 11.1. The smallest absolute Gasteiger partial charge is 0.140 e. The lowest BCUT2D eigenvalue weighted by Crippen LogP contribution is -2.29. The summed E-state index contributed by atoms with van der Waals surface area (Å²) in [6.07, 6.45) is -0.278. The third-order valence-electron chi connectivity index (χ3n) is 2.92. The standard InChI is InChI=1S/C16H15BrN2O/c1-11(19)16(14-7-2-3-8-15(14)17)20-13-6-4-5-12(9-13)10-18/h2-9,11,16H,19H2,1H3. The first-order chi connectivity index (χ1) is 9.61. The molecule has 4 heteroatoms. The van der Waals surface area contributed by atoms with Gasteiger partial charge in [-0.1, -0.05) is 40.2 Å². The summed E-state index contributed by atoms with van der Waals surface area (Å²) in [6.45, 7) is 1.90. The lowest BCUT2D eigenvalue weighted by Gasteiger charge is -2.24. The lowest BCUT2D eigenvalue weighted by atomic mass is 10.0. The zero-order chi connectivity index (χ0) is 14.5. The molecule has 2 N–H and O–H groups in total. The van der Waals surface area contributed by atoms with Crippen LogP contribution in [0.4, 0.5) is 0 Å². The highest BCUT2D eigenvalue weighted by Gasteiger charge is 2.20. The molecule has 102 valence electrons. The average Bonchev–Trinajstić information content (AvgIpc) is 2.45. The van der Waals surface area contributed by atoms with Crippen LogP contribution >= 0.6 is 15.9 Å². The molecule has 0 radical (unpaired) electrons. The molecule has 2 rings (SSSR count). The minimum Gasteiger partial charge on any atom is -0.484 e. The second kappa shape index (κ2) is 6.56. The fourth-order valence-corrected chi connectivity index (χ4v) is 2.46. The van der Waals surface area contributed by atoms with Gasteiger partial charge in [0.15, 0.2) is 0 Å². The van der Waals surface area contributed by atoms with E-state index in [2.05, 4.69) is 22.0 Å². The Labute approximate surface area is 127 Å². The van der Waals surface area contributed by atoms with Crippen LogP contribution in [0.25, 0.3) is 0 Å². The molecule has 0 bridgehead atoms. The van der Waals surface area contributed by atoms with Crippen LogP contribution in [0.5, 0.6) is 5.75 Å². The molecule has 0 aromatic heterocycles. The first-order valence-electron chi connectivity index (χ1n) is 6.28. The molecule has 0 spiro atoms. The van der Waals surface area contributed by atoms with Crippen molar-refractivity contribution in [1.82, 2.24) is 0 Å². The van der Waals surface area contributed by atoms with Crippen molar-refractivity contribution in [2.24, 2.45) is 5.73 Å². The van der Waals surface area contributed by atoms with Crippen molar-refractivity contribution in [2.45, 2.75) is 19.1 Å². The Kier molecular flexibility index (Phi) is 4.78. The molecule has 0 amide bonds. The Morgan fingerprint density at radius 1 is 1.20 bits per heavy atom. The highest BCUT2D eigenvalue weighted by Crippen LogP contribution is 2.29. The molecule has 0 fully saturated rings. The number of ether oxygens (including phenoxy) is 1. The molecular formula is C16H15BrN2O. The molecule has 0 heterocycles. The van der Waals surface area contributed by atoms with E-state index in [4.69, 9.17) is 15.7 Å². The molecule has 0 saturated carbocycles. The van der Waals surface area contributed by atoms with E-state index in [-0.39, 0.29) is 12.1 Å². The maximum absolute atomic E-state index is 8.93. The molecule has 0 aliphatic heterocycles. The van der Waals surface area contributed by atoms with Crippen LogP contribution in [-0.4, -0.2) is 6.04 Å². The monoisotopic (exact) mass is 330 g/mol. The highest BCUT2D eigenvalue weighted by molar-refractivity contribution is 9.10. The van der Waals surface area contributed by atoms with Crippen LogP contribution in [0.15, 0.2) is 53.0 Å². The first-order valence-corrected chi connectivity index (χ1v) is 7.08. The van der Waals surface area contributed by atoms with Crippen LogP contribution in [-0.2, 0) is 0 Å². The highest BCUT2D eigenvalue weighted by atomic mass is 79.9. The third-order valence-corrected chi connectivity index (χ3v) is 3.64. The van der Waals surface area contributed by atoms with Gasteiger partial charge in [-0.05, 0) is 31.2 Å². The van der Waals surface area contributed by atoms with E-state index in [9.17, 15) is 0 Å². The van der Waals surface area contributed by atoms with Gasteiger partial charge >= 0.3 is 0 Å². The second-order valence-electron chi connectivity index (χ2n) is 4.56. The quantitative estimate of drug-likeness (QED) is 0.927. The van der Waals surface area contributed by atoms with Crippen molar-refractivity contribution in [3.8, 4) is 11.8 Å². The first kappa shape index (κ1) is 14.6. The van der Waals surface area contributed by atoms with E-state index in [0.29, 0.717) is 11.3 Å². The number of hydrogen-bond donors (Lipinski definition) is 1. The van der Waals surface area contributed by atoms with Crippen LogP contribution in [0.3, 0.4) is 0 Å². The van der Waals surface area contributed by atoms with E-state index in [0.717, 1.165) is 10.0 Å². The van der Waals surface area contributed by atoms with Gasteiger partial charge < -0.3 is 10.5 Å². The van der Waals surface area contributed by atoms with Crippen molar-refractivity contribution in [3.05, 3.63) is 64.1 Å². The van der Waals surface area contributed by atoms with Crippen molar-refractivity contribution in [3.63, 3.8) is 0 Å². The number of nitrogens with two attached hydrogens (primary N) is 1. The minimum absolute atomic E-state index is 0.181. The summed E-state index contributed by atoms with van der Waals surface area (Å²) in [5.74, 6) is 0.641. The van der Waals surface area contributed by atoms with E-state index in [1.165, 1.54) is 0 Å². The molecule has 2 aromatic rings. The molecule has 0 aliphatic rings. The molecule has 0 aliphatic carbocycles. The maximum Gasteiger partial charge on any atom is 0.140 e. The Morgan fingerprint density at radius 2 is 1.95 bits per heavy atom. The summed E-state index contributed by atoms with van der Waals surface area (Å²) in [5, 5.41) is 8.93. The topological polar surface area (TPSA) is 59.0 Å². The summed E-state index contributed by atoms with van der Waals surface area (Å²) in [6, 6.07) is 16.8. The van der Waals surface area contributed by atoms with Gasteiger partial charge in [0.2, 0.25) is 0 Å². The van der Waals surface area contributed by atoms with E-state index in [1.54, 1.807) is 18.2 Å². The van der Waals surface area contributed by atoms with Crippen LogP contribution in [0.2, 0.25) is 0 Å². The minimum atomic E-state index is -0.278. The van der Waals surface area contributed by atoms with E-state index in [1.807, 2.05) is 37.3 Å². The van der Waals surface area contributed by atoms with Crippen molar-refractivity contribution >= 4 is 15.9 Å². The summed E-state index contributed by atoms with van der Waals surface area (Å²) < 4.78 is 6.94. The van der Waals surface area contributed by atoms with E-state index >= 15 is 0 Å². The fourth-order valence-electron chi connectivity index (χ4n) is 1.95. The van der Waals surface area contributed by atoms with E-state index < -0.39 is 0 Å². The fraction of sp³-hybridized carbons (Fsp3) is 0.188. The second-order valence-corrected chi connectivity index (χ2v) is 5.41. The average molecular weight is 331 g/mol. The zero-order valence-corrected chi connectivity index (χ0v) is 12.7. The normalized spacial score (nSPS) is 13.3. The lowest BCUT2D eigenvalue weighted by molar-refractivity contribution is 0.179. The maximum atomic E-state index is 8.93. The Bertz CT molecular complexity index is 634. The van der Waals surface area contributed by atoms with Gasteiger partial charge in [-0.25, -0.2) is 0 Å². The van der Waals surface area contributed by atoms with Gasteiger partial charge in [0.05, 0.1) is 11.6 Å². The van der Waals surface area contributed by atoms with Crippen molar-refractivity contribution in [1.29, 1.82) is 5.26 Å². The molecule has 2 atom stereocenters. The Hall–Kier alpha value is -1.83. The Balaban J connectivity index is 2.31. The summed E-state index contributed by atoms with van der Waals surface area (Å²) in [4.78, 5) is 0. The molecule has 2 unspecified atom stereocenters. The van der Waals surface area contributed by atoms with Crippen LogP contribution in [0, 0.1) is 11.3 Å². The predicted octanol–water partition coefficient (Wildman–Crippen LogP) is 3.79. The number of benzene rings is 2. The Morgan fingerprint density at radius 3 is 2.60 bits per heavy atom. The van der Waals surface area contributed by atoms with Gasteiger partial charge in [0, 0.05) is 16.1 Å². The molecule has 20 heavy (non-hydrogen) atoms. The molecule has 3 nitrogen and oxygen atoms in total. The largest absolute Gasteiger partial charge is 0.484 e. The molecule has 0 saturated heterocycles. The third kappa shape index (κ3) is 3.38. The summed E-state index contributed by atoms with van der Waals surface area (Å²) in [7, 11) is 0. The summed E-state index contributed by atoms with van der Waals surface area (Å²) >= 11 is 3.52. The van der Waals surface area contributed by atoms with Gasteiger partial charge in [-0.3, -0.25) is 0 Å². The van der Waals surface area contributed by atoms with Crippen molar-refractivity contribution < 1.29 is 4.74 Å². The summed E-state index contributed by atoms with van der Waals surface area (Å²) in [5.41, 5.74) is 7.60. The number of halogens is 1. The number of nitriles is 1. The van der Waals surface area contributed by atoms with Crippen LogP contribution in [0.1, 0.15) is 24.2 Å². The van der Waals surface area contributed by atoms with Crippen molar-refractivity contribution in [2.75, 3.05) is 0 Å². The SMILES string of the molecule is CC(N)C(Oc1cccc(C#N)c1)c1ccccc1Br. The predicted molar refractivity (Wildman–Crippen MR) is 82.3 cm³/mol. The van der Waals surface area contributed by atoms with Crippen LogP contribution < -0.4 is 10.5 Å². The number of hydrogen-bond acceptors (Lipinski definition) is 3. The van der Waals surface area contributed by atoms with Gasteiger partial charge in [0.1, 0.15) is 11.9 Å². The molecular weight excluding hydrogens is 316 g/mol. The van der Waals surface area contributed by atoms with Gasteiger partial charge in [-0.2, -0.15) is 5.26 Å². The van der Waals surface area contributed by atoms with Gasteiger partial charge in [0.25, 0.3) is 0 Å². The van der Waals surface area contributed by atoms with Gasteiger partial charge in [-0.15, -0.1) is 0 Å². The number of nitrogens with zero attached hydrogens (tertiary/aromatic N) is 1. The molecule has 2 aromatic carbocycles. The number of rotatable bonds is 4.